The quantitative estimate of drug-likeness (QED) is 0.157. The minimum Gasteiger partial charge on any atom is -0.350 e. The van der Waals surface area contributed by atoms with Crippen LogP contribution in [0.3, 0.4) is 0 Å². The monoisotopic (exact) mass is 740 g/mol. The van der Waals surface area contributed by atoms with Crippen LogP contribution in [0, 0.1) is 0 Å². The van der Waals surface area contributed by atoms with Crippen LogP contribution in [0.25, 0.3) is 9.66 Å². The van der Waals surface area contributed by atoms with Crippen molar-refractivity contribution in [2.45, 2.75) is 49.9 Å². The van der Waals surface area contributed by atoms with Gasteiger partial charge in [-0.15, -0.1) is 0 Å². The molecular formula is C46H40N6S2. The first-order valence-electron chi connectivity index (χ1n) is 18.7. The van der Waals surface area contributed by atoms with Crippen molar-refractivity contribution in [1.82, 2.24) is 29.6 Å². The normalized spacial score (nSPS) is 22.9. The van der Waals surface area contributed by atoms with Gasteiger partial charge in [0.05, 0.1) is 11.8 Å². The van der Waals surface area contributed by atoms with E-state index in [0.29, 0.717) is 0 Å². The molecular weight excluding hydrogens is 701 g/mol. The van der Waals surface area contributed by atoms with Crippen molar-refractivity contribution in [3.63, 3.8) is 0 Å². The highest BCUT2D eigenvalue weighted by Crippen LogP contribution is 2.37. The van der Waals surface area contributed by atoms with Crippen LogP contribution in [0.4, 0.5) is 0 Å². The van der Waals surface area contributed by atoms with E-state index in [1.807, 2.05) is 0 Å². The first-order chi connectivity index (χ1) is 26.6. The van der Waals surface area contributed by atoms with E-state index in [4.69, 9.17) is 9.97 Å². The van der Waals surface area contributed by atoms with Crippen molar-refractivity contribution >= 4 is 32.3 Å². The summed E-state index contributed by atoms with van der Waals surface area (Å²) in [7, 11) is 0. The first kappa shape index (κ1) is 32.9. The molecule has 26 aliphatic heterocycles. The van der Waals surface area contributed by atoms with E-state index >= 15 is 0 Å². The molecule has 26 aliphatic rings. The third kappa shape index (κ3) is 7.02. The Labute approximate surface area is 324 Å². The van der Waals surface area contributed by atoms with Gasteiger partial charge in [-0.25, -0.2) is 9.97 Å². The molecule has 8 heteroatoms. The number of nitrogens with zero attached hydrogens (tertiary/aromatic N) is 6. The second-order valence-electron chi connectivity index (χ2n) is 14.5. The van der Waals surface area contributed by atoms with Crippen LogP contribution in [-0.2, 0) is 26.2 Å². The summed E-state index contributed by atoms with van der Waals surface area (Å²) in [6.45, 7) is 3.36. The second kappa shape index (κ2) is 14.3. The molecule has 3 aromatic carbocycles. The van der Waals surface area contributed by atoms with E-state index < -0.39 is 0 Å². The van der Waals surface area contributed by atoms with Crippen LogP contribution in [0.2, 0.25) is 0 Å². The Kier molecular flexibility index (Phi) is 8.70. The number of benzene rings is 3. The molecule has 2 aromatic heterocycles. The fourth-order valence-corrected chi connectivity index (χ4v) is 9.69. The van der Waals surface area contributed by atoms with E-state index in [-0.39, 0.29) is 23.7 Å². The third-order valence-electron chi connectivity index (χ3n) is 10.7. The van der Waals surface area contributed by atoms with Gasteiger partial charge < -0.3 is 19.6 Å². The maximum atomic E-state index is 5.03. The summed E-state index contributed by atoms with van der Waals surface area (Å²) >= 11 is 3.42. The summed E-state index contributed by atoms with van der Waals surface area (Å²) in [5.74, 6) is 0.895. The molecule has 0 fully saturated rings. The molecule has 31 rings (SSSR count). The maximum absolute atomic E-state index is 5.03. The average molecular weight is 741 g/mol. The van der Waals surface area contributed by atoms with Gasteiger partial charge in [0.1, 0.15) is 10.0 Å². The van der Waals surface area contributed by atoms with Crippen LogP contribution in [0.5, 0.6) is 0 Å². The van der Waals surface area contributed by atoms with Crippen molar-refractivity contribution in [1.29, 1.82) is 0 Å². The molecule has 0 saturated carbocycles. The van der Waals surface area contributed by atoms with E-state index in [1.165, 1.54) is 33.4 Å². The van der Waals surface area contributed by atoms with Crippen molar-refractivity contribution in [2.24, 2.45) is 0 Å². The lowest BCUT2D eigenvalue weighted by atomic mass is 9.92. The van der Waals surface area contributed by atoms with E-state index in [9.17, 15) is 0 Å². The SMILES string of the molecule is C1=CN2C=CC1c1ccc(cc1)C1C=CN(C=C1)Cc1ccc(cc1)CN1C=CC(C=C1)c1nc3sc(nc3s1)C1C=CN(C=C1)Cc1ccc(cc1)C2. The van der Waals surface area contributed by atoms with Gasteiger partial charge in [-0.3, -0.25) is 0 Å². The molecule has 0 aliphatic carbocycles. The zero-order valence-electron chi connectivity index (χ0n) is 29.8. The molecule has 0 spiro atoms. The summed E-state index contributed by atoms with van der Waals surface area (Å²) in [6.07, 6.45) is 35.8. The fourth-order valence-electron chi connectivity index (χ4n) is 7.52. The highest BCUT2D eigenvalue weighted by Gasteiger charge is 2.21. The van der Waals surface area contributed by atoms with Crippen molar-refractivity contribution in [2.75, 3.05) is 0 Å². The summed E-state index contributed by atoms with van der Waals surface area (Å²) in [6, 6.07) is 27.1. The smallest absolute Gasteiger partial charge is 0.155 e. The van der Waals surface area contributed by atoms with Crippen LogP contribution >= 0.6 is 22.7 Å². The van der Waals surface area contributed by atoms with E-state index in [0.717, 1.165) is 45.9 Å². The summed E-state index contributed by atoms with van der Waals surface area (Å²) in [5, 5.41) is 2.19. The summed E-state index contributed by atoms with van der Waals surface area (Å²) < 4.78 is 0. The van der Waals surface area contributed by atoms with Gasteiger partial charge in [-0.05, 0) is 33.4 Å². The van der Waals surface area contributed by atoms with Gasteiger partial charge in [-0.1, -0.05) is 144 Å². The Bertz CT molecular complexity index is 2140. The number of allylic oxidation sites excluding steroid dienone is 8. The maximum Gasteiger partial charge on any atom is 0.155 e. The van der Waals surface area contributed by atoms with Crippen molar-refractivity contribution < 1.29 is 0 Å². The van der Waals surface area contributed by atoms with E-state index in [1.54, 1.807) is 22.7 Å². The Morgan fingerprint density at radius 2 is 0.611 bits per heavy atom. The van der Waals surface area contributed by atoms with Gasteiger partial charge in [0, 0.05) is 87.6 Å². The molecule has 0 N–H and O–H groups in total. The molecule has 0 saturated heterocycles. The third-order valence-corrected chi connectivity index (χ3v) is 12.9. The largest absolute Gasteiger partial charge is 0.350 e. The second-order valence-corrected chi connectivity index (χ2v) is 16.6. The van der Waals surface area contributed by atoms with Crippen LogP contribution in [-0.4, -0.2) is 29.6 Å². The number of hydrogen-bond acceptors (Lipinski definition) is 8. The molecule has 0 amide bonds. The van der Waals surface area contributed by atoms with Gasteiger partial charge >= 0.3 is 0 Å². The van der Waals surface area contributed by atoms with Gasteiger partial charge in [0.2, 0.25) is 0 Å². The molecule has 0 unspecified atom stereocenters. The van der Waals surface area contributed by atoms with Gasteiger partial charge in [-0.2, -0.15) is 0 Å². The topological polar surface area (TPSA) is 38.7 Å². The van der Waals surface area contributed by atoms with Gasteiger partial charge in [0.15, 0.2) is 9.66 Å². The molecule has 28 heterocycles. The molecule has 5 aromatic rings. The lowest BCUT2D eigenvalue weighted by Crippen LogP contribution is -2.14. The van der Waals surface area contributed by atoms with E-state index in [2.05, 4.69) is 191 Å². The van der Waals surface area contributed by atoms with Gasteiger partial charge in [0.25, 0.3) is 0 Å². The zero-order valence-corrected chi connectivity index (χ0v) is 31.4. The number of aromatic nitrogens is 2. The molecule has 6 nitrogen and oxygen atoms in total. The minimum atomic E-state index is 0.169. The Morgan fingerprint density at radius 1 is 0.352 bits per heavy atom. The number of rotatable bonds is 0. The molecule has 54 heavy (non-hydrogen) atoms. The average Bonchev–Trinajstić information content (AvgIpc) is 3.81. The minimum absolute atomic E-state index is 0.169. The van der Waals surface area contributed by atoms with Crippen molar-refractivity contribution in [3.05, 3.63) is 214 Å². The fraction of sp³-hybridized carbons (Fsp3) is 0.174. The van der Waals surface area contributed by atoms with Crippen LogP contribution in [0.1, 0.15) is 67.1 Å². The number of hydrogen-bond donors (Lipinski definition) is 0. The summed E-state index contributed by atoms with van der Waals surface area (Å²) in [4.78, 5) is 21.1. The zero-order chi connectivity index (χ0) is 35.8. The van der Waals surface area contributed by atoms with Crippen LogP contribution < -0.4 is 0 Å². The summed E-state index contributed by atoms with van der Waals surface area (Å²) in [5.41, 5.74) is 7.79. The van der Waals surface area contributed by atoms with Crippen LogP contribution in [0.15, 0.2) is 171 Å². The lowest BCUT2D eigenvalue weighted by Gasteiger charge is -2.24. The molecule has 18 bridgehead atoms. The highest BCUT2D eigenvalue weighted by atomic mass is 32.1. The molecule has 0 atom stereocenters. The predicted octanol–water partition coefficient (Wildman–Crippen LogP) is 10.6. The first-order valence-corrected chi connectivity index (χ1v) is 20.3. The number of thiazole rings is 2. The lowest BCUT2D eigenvalue weighted by molar-refractivity contribution is 0.484. The standard InChI is InChI=1S/C46H40N6S2/c1-5-35-6-2-33(1)29-49-21-13-39(14-22-49)37-9-11-38(12-10-37)40-15-23-50(24-16-40)30-34-3-7-36(8-4-34)32-52-27-19-42(20-28-52)44-48-46-45(54-44)47-43(53-46)41-17-25-51(31-35)26-18-41/h1-28,39-42H,29-32H2. The Hall–Kier alpha value is -5.70. The predicted molar refractivity (Wildman–Crippen MR) is 221 cm³/mol. The molecule has 0 radical (unpaired) electrons. The Balaban J connectivity index is 0.869. The Morgan fingerprint density at radius 3 is 0.889 bits per heavy atom. The highest BCUT2D eigenvalue weighted by molar-refractivity contribution is 7.26. The molecule has 266 valence electrons. The van der Waals surface area contributed by atoms with Crippen molar-refractivity contribution in [3.8, 4) is 0 Å².